The number of likely N-dealkylation sites (tertiary alicyclic amines) is 1. The second-order valence-electron chi connectivity index (χ2n) is 27.2. The van der Waals surface area contributed by atoms with Crippen molar-refractivity contribution < 1.29 is 107 Å². The van der Waals surface area contributed by atoms with E-state index in [1.54, 1.807) is 17.9 Å². The number of carbonyl (C=O) groups is 4. The number of amides is 3. The molecule has 0 radical (unpaired) electrons. The molecular formula is C68H100F2N8O20. The van der Waals surface area contributed by atoms with Crippen molar-refractivity contribution in [1.82, 2.24) is 20.9 Å². The van der Waals surface area contributed by atoms with Gasteiger partial charge in [0, 0.05) is 68.4 Å². The van der Waals surface area contributed by atoms with E-state index < -0.39 is 183 Å². The number of nitrogens with zero attached hydrogens (tertiary/aromatic N) is 3. The second kappa shape index (κ2) is 35.7. The van der Waals surface area contributed by atoms with Crippen molar-refractivity contribution in [3.05, 3.63) is 77.5 Å². The zero-order chi connectivity index (χ0) is 70.5. The topological polar surface area (TPSA) is 431 Å². The molecule has 30 heteroatoms. The number of carbonyl (C=O) groups excluding carboxylic acids is 4. The Morgan fingerprint density at radius 3 is 2.06 bits per heavy atom. The lowest BCUT2D eigenvalue weighted by molar-refractivity contribution is -0.308. The van der Waals surface area contributed by atoms with Gasteiger partial charge in [0.05, 0.1) is 62.0 Å². The second-order valence-corrected chi connectivity index (χ2v) is 27.2. The third-order valence-corrected chi connectivity index (χ3v) is 20.4. The van der Waals surface area contributed by atoms with Crippen LogP contribution in [0, 0.1) is 35.3 Å². The fourth-order valence-corrected chi connectivity index (χ4v) is 14.6. The molecule has 0 aromatic heterocycles. The minimum absolute atomic E-state index is 0.00215. The smallest absolute Gasteiger partial charge is 0.251 e. The van der Waals surface area contributed by atoms with Crippen LogP contribution in [0.5, 0.6) is 0 Å². The van der Waals surface area contributed by atoms with Crippen LogP contribution < -0.4 is 27.5 Å². The number of hydrogen-bond donors (Lipinski definition) is 14. The van der Waals surface area contributed by atoms with Crippen LogP contribution in [0.2, 0.25) is 0 Å². The van der Waals surface area contributed by atoms with Crippen molar-refractivity contribution in [3.63, 3.8) is 0 Å². The number of Topliss-reactive ketones (excluding diaryl/α,β-unsaturated/α-hetero) is 1. The van der Waals surface area contributed by atoms with E-state index in [1.165, 1.54) is 61.8 Å². The van der Waals surface area contributed by atoms with Crippen molar-refractivity contribution in [1.29, 1.82) is 0 Å². The normalized spacial score (nSPS) is 36.3. The molecule has 3 saturated carbocycles. The third-order valence-electron chi connectivity index (χ3n) is 20.4. The van der Waals surface area contributed by atoms with Crippen molar-refractivity contribution in [3.8, 4) is 0 Å². The molecule has 4 saturated heterocycles. The molecule has 7 aliphatic rings. The average Bonchev–Trinajstić information content (AvgIpc) is 0.785. The van der Waals surface area contributed by atoms with Gasteiger partial charge in [-0.15, -0.1) is 0 Å². The summed E-state index contributed by atoms with van der Waals surface area (Å²) in [6.07, 6.45) is -15.2. The van der Waals surface area contributed by atoms with Gasteiger partial charge in [0.1, 0.15) is 102 Å². The number of nitrogens with one attached hydrogen (secondary N) is 3. The van der Waals surface area contributed by atoms with Gasteiger partial charge in [0.15, 0.2) is 12.6 Å². The Morgan fingerprint density at radius 2 is 1.41 bits per heavy atom. The summed E-state index contributed by atoms with van der Waals surface area (Å²) >= 11 is 0. The molecule has 9 rings (SSSR count). The molecule has 3 aliphatic carbocycles. The van der Waals surface area contributed by atoms with E-state index in [-0.39, 0.29) is 91.8 Å². The van der Waals surface area contributed by atoms with Gasteiger partial charge in [-0.1, -0.05) is 69.7 Å². The standard InChI is InChI=1S/C68H100F2N8O20/c1-4-37-23-40(27-49(63(37)92-33-53-59(86)62(89)56(83)34(2)93-53)96-67-55(76-35(3)81)64(60(87)52(32-80)97-67)94-50(66(91)78-20-11-21-78)22-36-12-6-5-7-13-36)47(82)18-10-19-73-65(90)41-26-45(74-30-46(77-72)39-15-9-17-43(70)25-39)57(84)48(28-41)95-68-61(88)54(58(85)51(31-79)98-68)75-29-44(71)38-14-8-16-42(69)24-38/h8-9,14-17,24-25,29-30,34,36-37,40-41,45,48-64,67-68,75,79-80,83-89H,4-7,10-13,18-23,26-28,31-33,71-72H2,1-3H3,(H,73,90)(H,76,81)/b44-29-,74-30?,77-46?/t34?,37?,40?,41-,45?,48+,49+,50-,51?,52?,53-,54?,55?,56+,57?,58-,59?,60-,61+,62-,63+,64+,67+,68+/m0/s1. The lowest BCUT2D eigenvalue weighted by Crippen LogP contribution is -2.67. The summed E-state index contributed by atoms with van der Waals surface area (Å²) in [5, 5.41) is 113. The highest BCUT2D eigenvalue weighted by Gasteiger charge is 2.53. The maximum absolute atomic E-state index is 14.7. The van der Waals surface area contributed by atoms with Crippen molar-refractivity contribution in [2.45, 2.75) is 239 Å². The predicted octanol–water partition coefficient (Wildman–Crippen LogP) is -0.341. The van der Waals surface area contributed by atoms with Gasteiger partial charge in [0.2, 0.25) is 11.8 Å². The lowest BCUT2D eigenvalue weighted by Gasteiger charge is -2.49. The number of hydrazone groups is 1. The van der Waals surface area contributed by atoms with Crippen LogP contribution in [0.3, 0.4) is 0 Å². The molecule has 16 N–H and O–H groups in total. The summed E-state index contributed by atoms with van der Waals surface area (Å²) in [4.78, 5) is 62.7. The Labute approximate surface area is 568 Å². The Morgan fingerprint density at radius 1 is 0.745 bits per heavy atom. The summed E-state index contributed by atoms with van der Waals surface area (Å²) in [7, 11) is 0. The van der Waals surface area contributed by atoms with E-state index in [9.17, 15) is 73.9 Å². The lowest BCUT2D eigenvalue weighted by atomic mass is 9.74. The highest BCUT2D eigenvalue weighted by molar-refractivity contribution is 6.38. The SMILES string of the molecule is CCC1CC(C(=O)CCCNC(=O)[C@H]2CC(N=CC(=NN)c3cccc(F)c3)C(O)[C@H](O[C@@H]3OC(CO)[C@H](O)C(N/C=C(\N)c4cccc(F)c4)[C@H]3O)C2)C[C@@H](O[C@@H]2OC(CO)[C@H](O)[C@H](O[C@@H](CC3CCCCC3)C(=O)N3CCC3)C2NC(C)=O)[C@@H]1OC[C@@H]1OC(C)[C@@H](O)[C@H](O)C1O. The fraction of sp³-hybridized carbons (Fsp3) is 0.706. The van der Waals surface area contributed by atoms with Gasteiger partial charge in [-0.2, -0.15) is 5.10 Å². The highest BCUT2D eigenvalue weighted by Crippen LogP contribution is 2.41. The zero-order valence-corrected chi connectivity index (χ0v) is 55.6. The number of hydrogen-bond acceptors (Lipinski definition) is 25. The van der Waals surface area contributed by atoms with E-state index in [2.05, 4.69) is 26.0 Å². The number of benzene rings is 2. The fourth-order valence-electron chi connectivity index (χ4n) is 14.6. The maximum Gasteiger partial charge on any atom is 0.251 e. The van der Waals surface area contributed by atoms with E-state index >= 15 is 0 Å². The van der Waals surface area contributed by atoms with Gasteiger partial charge in [0.25, 0.3) is 5.91 Å². The summed E-state index contributed by atoms with van der Waals surface area (Å²) in [5.41, 5.74) is 6.82. The number of aliphatic imine (C=N–C) groups is 1. The minimum atomic E-state index is -1.71. The van der Waals surface area contributed by atoms with Crippen LogP contribution in [0.25, 0.3) is 5.70 Å². The molecule has 546 valence electrons. The maximum atomic E-state index is 14.7. The van der Waals surface area contributed by atoms with Gasteiger partial charge < -0.3 is 112 Å². The summed E-state index contributed by atoms with van der Waals surface area (Å²) in [5.74, 6) is 1.10. The molecule has 2 aromatic rings. The molecule has 10 unspecified atom stereocenters. The van der Waals surface area contributed by atoms with E-state index in [0.717, 1.165) is 38.5 Å². The van der Waals surface area contributed by atoms with Crippen LogP contribution in [0.15, 0.2) is 64.8 Å². The number of ether oxygens (including phenoxy) is 7. The molecule has 0 spiro atoms. The molecule has 4 aliphatic heterocycles. The Bertz CT molecular complexity index is 3040. The molecule has 7 fully saturated rings. The summed E-state index contributed by atoms with van der Waals surface area (Å²) in [6, 6.07) is 7.04. The minimum Gasteiger partial charge on any atom is -0.397 e. The van der Waals surface area contributed by atoms with E-state index in [0.29, 0.717) is 25.9 Å². The van der Waals surface area contributed by atoms with Crippen LogP contribution in [-0.2, 0) is 52.3 Å². The van der Waals surface area contributed by atoms with Crippen molar-refractivity contribution in [2.24, 2.45) is 45.3 Å². The molecular weight excluding hydrogens is 1290 g/mol. The zero-order valence-electron chi connectivity index (χ0n) is 55.6. The number of halogens is 2. The predicted molar refractivity (Wildman–Crippen MR) is 347 cm³/mol. The van der Waals surface area contributed by atoms with Crippen molar-refractivity contribution in [2.75, 3.05) is 39.5 Å². The molecule has 0 bridgehead atoms. The van der Waals surface area contributed by atoms with Gasteiger partial charge in [-0.05, 0) is 88.0 Å². The number of aliphatic hydroxyl groups is 9. The van der Waals surface area contributed by atoms with E-state index in [1.807, 2.05) is 6.92 Å². The first-order valence-corrected chi connectivity index (χ1v) is 34.4. The quantitative estimate of drug-likeness (QED) is 0.0224. The molecule has 28 nitrogen and oxygen atoms in total. The molecule has 3 amide bonds. The number of nitrogens with two attached hydrogens (primary N) is 2. The Balaban J connectivity index is 0.913. The largest absolute Gasteiger partial charge is 0.397 e. The average molecular weight is 1390 g/mol. The van der Waals surface area contributed by atoms with Gasteiger partial charge in [-0.25, -0.2) is 8.78 Å². The Kier molecular flexibility index (Phi) is 27.8. The van der Waals surface area contributed by atoms with Crippen LogP contribution in [-0.4, -0.2) is 254 Å². The van der Waals surface area contributed by atoms with Gasteiger partial charge in [-0.3, -0.25) is 24.2 Å². The van der Waals surface area contributed by atoms with Crippen LogP contribution in [0.1, 0.15) is 122 Å². The molecule has 98 heavy (non-hydrogen) atoms. The molecule has 4 heterocycles. The summed E-state index contributed by atoms with van der Waals surface area (Å²) < 4.78 is 73.0. The molecule has 24 atom stereocenters. The monoisotopic (exact) mass is 1390 g/mol. The number of aliphatic hydroxyl groups excluding tert-OH is 9. The van der Waals surface area contributed by atoms with Gasteiger partial charge >= 0.3 is 0 Å². The van der Waals surface area contributed by atoms with E-state index in [4.69, 9.17) is 44.7 Å². The van der Waals surface area contributed by atoms with Crippen molar-refractivity contribution >= 4 is 41.1 Å². The third kappa shape index (κ3) is 19.0. The van der Waals surface area contributed by atoms with Crippen LogP contribution in [0.4, 0.5) is 8.78 Å². The first-order valence-electron chi connectivity index (χ1n) is 34.4. The first kappa shape index (κ1) is 76.4. The summed E-state index contributed by atoms with van der Waals surface area (Å²) in [6.45, 7) is 3.99. The first-order chi connectivity index (χ1) is 47.0. The number of rotatable bonds is 28. The Hall–Kier alpha value is -5.78. The molecule has 2 aromatic carbocycles. The van der Waals surface area contributed by atoms with Crippen LogP contribution >= 0.6 is 0 Å². The number of ketones is 1. The highest BCUT2D eigenvalue weighted by atomic mass is 19.1.